The maximum Gasteiger partial charge on any atom is 0.420 e. The lowest BCUT2D eigenvalue weighted by Gasteiger charge is -2.33. The highest BCUT2D eigenvalue weighted by Crippen LogP contribution is 2.28. The number of carbonyl (C=O) groups is 2. The number of carbonyl (C=O) groups excluding carboxylic acids is 2. The van der Waals surface area contributed by atoms with Crippen LogP contribution in [0, 0.1) is 0 Å². The molecule has 7 nitrogen and oxygen atoms in total. The molecule has 1 fully saturated rings. The Balaban J connectivity index is 3.00. The lowest BCUT2D eigenvalue weighted by Crippen LogP contribution is -2.52. The van der Waals surface area contributed by atoms with E-state index in [9.17, 15) is 19.8 Å². The van der Waals surface area contributed by atoms with Gasteiger partial charge in [-0.3, -0.25) is 0 Å². The van der Waals surface area contributed by atoms with Crippen molar-refractivity contribution in [2.75, 3.05) is 0 Å². The molecule has 3 atom stereocenters. The zero-order chi connectivity index (χ0) is 17.3. The number of imide groups is 1. The van der Waals surface area contributed by atoms with E-state index in [1.54, 1.807) is 41.5 Å². The topological polar surface area (TPSA) is 96.3 Å². The maximum atomic E-state index is 12.3. The van der Waals surface area contributed by atoms with Crippen LogP contribution >= 0.6 is 0 Å². The second kappa shape index (κ2) is 6.42. The summed E-state index contributed by atoms with van der Waals surface area (Å²) in [5, 5.41) is 19.7. The number of aliphatic hydroxyl groups excluding tert-OH is 2. The van der Waals surface area contributed by atoms with Gasteiger partial charge in [0.15, 0.2) is 0 Å². The largest absolute Gasteiger partial charge is 0.443 e. The minimum absolute atomic E-state index is 0.292. The van der Waals surface area contributed by atoms with Crippen LogP contribution < -0.4 is 0 Å². The zero-order valence-electron chi connectivity index (χ0n) is 14.1. The van der Waals surface area contributed by atoms with Gasteiger partial charge >= 0.3 is 12.2 Å². The number of hydrogen-bond acceptors (Lipinski definition) is 6. The van der Waals surface area contributed by atoms with Crippen LogP contribution in [0.4, 0.5) is 9.59 Å². The molecule has 1 aliphatic carbocycles. The van der Waals surface area contributed by atoms with Gasteiger partial charge in [-0.1, -0.05) is 0 Å². The molecule has 0 radical (unpaired) electrons. The Labute approximate surface area is 131 Å². The van der Waals surface area contributed by atoms with Gasteiger partial charge in [0.1, 0.15) is 17.3 Å². The Morgan fingerprint density at radius 3 is 1.59 bits per heavy atom. The molecule has 1 aliphatic rings. The fraction of sp³-hybridized carbons (Fsp3) is 0.867. The van der Waals surface area contributed by atoms with Crippen LogP contribution in [0.5, 0.6) is 0 Å². The summed E-state index contributed by atoms with van der Waals surface area (Å²) in [5.41, 5.74) is -1.58. The molecule has 22 heavy (non-hydrogen) atoms. The SMILES string of the molecule is CC(C)(C)OC(=O)N(C(=O)OC(C)(C)C)C1CCC(O)C1O. The van der Waals surface area contributed by atoms with Gasteiger partial charge in [0.05, 0.1) is 12.1 Å². The minimum atomic E-state index is -1.21. The standard InChI is InChI=1S/C15H27NO6/c1-14(2,3)21-12(19)16(13(20)22-15(4,5)6)9-7-8-10(17)11(9)18/h9-11,17-18H,7-8H2,1-6H3. The van der Waals surface area contributed by atoms with Crippen LogP contribution in [0.25, 0.3) is 0 Å². The third kappa shape index (κ3) is 5.14. The predicted octanol–water partition coefficient (Wildman–Crippen LogP) is 2.04. The molecule has 128 valence electrons. The fourth-order valence-corrected chi connectivity index (χ4v) is 2.19. The summed E-state index contributed by atoms with van der Waals surface area (Å²) in [6, 6.07) is -0.861. The van der Waals surface area contributed by atoms with Crippen LogP contribution in [0.2, 0.25) is 0 Å². The van der Waals surface area contributed by atoms with Gasteiger partial charge in [-0.2, -0.15) is 0 Å². The summed E-state index contributed by atoms with van der Waals surface area (Å²) in [6.07, 6.45) is -3.37. The second-order valence-corrected chi connectivity index (χ2v) is 7.53. The molecule has 1 saturated carbocycles. The lowest BCUT2D eigenvalue weighted by molar-refractivity contribution is -0.0328. The van der Waals surface area contributed by atoms with Gasteiger partial charge in [0.2, 0.25) is 0 Å². The monoisotopic (exact) mass is 317 g/mol. The third-order valence-electron chi connectivity index (χ3n) is 3.06. The van der Waals surface area contributed by atoms with Gasteiger partial charge in [-0.05, 0) is 54.4 Å². The summed E-state index contributed by atoms with van der Waals surface area (Å²) in [6.45, 7) is 10.1. The van der Waals surface area contributed by atoms with Crippen LogP contribution in [0.15, 0.2) is 0 Å². The highest BCUT2D eigenvalue weighted by Gasteiger charge is 2.45. The molecule has 0 heterocycles. The van der Waals surface area contributed by atoms with Gasteiger partial charge in [-0.25, -0.2) is 14.5 Å². The summed E-state index contributed by atoms with van der Waals surface area (Å²) in [4.78, 5) is 25.4. The smallest absolute Gasteiger partial charge is 0.420 e. The van der Waals surface area contributed by atoms with Crippen molar-refractivity contribution in [2.45, 2.75) is 83.8 Å². The van der Waals surface area contributed by atoms with Crippen LogP contribution in [-0.4, -0.2) is 56.8 Å². The number of amides is 2. The number of nitrogens with zero attached hydrogens (tertiary/aromatic N) is 1. The highest BCUT2D eigenvalue weighted by atomic mass is 16.6. The van der Waals surface area contributed by atoms with Crippen molar-refractivity contribution in [1.29, 1.82) is 0 Å². The average molecular weight is 317 g/mol. The second-order valence-electron chi connectivity index (χ2n) is 7.53. The Hall–Kier alpha value is -1.34. The Bertz CT molecular complexity index is 395. The van der Waals surface area contributed by atoms with Gasteiger partial charge in [0.25, 0.3) is 0 Å². The molecule has 0 aromatic carbocycles. The van der Waals surface area contributed by atoms with Crippen molar-refractivity contribution in [3.05, 3.63) is 0 Å². The van der Waals surface area contributed by atoms with E-state index in [-0.39, 0.29) is 0 Å². The zero-order valence-corrected chi connectivity index (χ0v) is 14.1. The Morgan fingerprint density at radius 1 is 0.909 bits per heavy atom. The number of ether oxygens (including phenoxy) is 2. The fourth-order valence-electron chi connectivity index (χ4n) is 2.19. The first kappa shape index (κ1) is 18.7. The van der Waals surface area contributed by atoms with Crippen molar-refractivity contribution in [3.63, 3.8) is 0 Å². The number of aliphatic hydroxyl groups is 2. The van der Waals surface area contributed by atoms with Gasteiger partial charge in [-0.15, -0.1) is 0 Å². The van der Waals surface area contributed by atoms with Crippen LogP contribution in [0.3, 0.4) is 0 Å². The maximum absolute atomic E-state index is 12.3. The van der Waals surface area contributed by atoms with E-state index in [1.807, 2.05) is 0 Å². The van der Waals surface area contributed by atoms with E-state index in [0.717, 1.165) is 4.90 Å². The van der Waals surface area contributed by atoms with E-state index in [4.69, 9.17) is 9.47 Å². The minimum Gasteiger partial charge on any atom is -0.443 e. The van der Waals surface area contributed by atoms with E-state index >= 15 is 0 Å². The van der Waals surface area contributed by atoms with Crippen LogP contribution in [0.1, 0.15) is 54.4 Å². The molecule has 1 rings (SSSR count). The molecular weight excluding hydrogens is 290 g/mol. The highest BCUT2D eigenvalue weighted by molar-refractivity contribution is 5.88. The molecule has 2 N–H and O–H groups in total. The molecule has 3 unspecified atom stereocenters. The van der Waals surface area contributed by atoms with Crippen molar-refractivity contribution in [1.82, 2.24) is 4.90 Å². The Morgan fingerprint density at radius 2 is 1.32 bits per heavy atom. The van der Waals surface area contributed by atoms with Crippen molar-refractivity contribution in [2.24, 2.45) is 0 Å². The first-order chi connectivity index (χ1) is 9.82. The van der Waals surface area contributed by atoms with E-state index in [0.29, 0.717) is 12.8 Å². The van der Waals surface area contributed by atoms with Gasteiger partial charge < -0.3 is 19.7 Å². The third-order valence-corrected chi connectivity index (χ3v) is 3.06. The molecule has 0 spiro atoms. The van der Waals surface area contributed by atoms with Crippen LogP contribution in [-0.2, 0) is 9.47 Å². The molecular formula is C15H27NO6. The average Bonchev–Trinajstić information content (AvgIpc) is 2.56. The summed E-state index contributed by atoms with van der Waals surface area (Å²) in [5.74, 6) is 0. The van der Waals surface area contributed by atoms with Crippen molar-refractivity contribution < 1.29 is 29.3 Å². The predicted molar refractivity (Wildman–Crippen MR) is 79.3 cm³/mol. The number of rotatable bonds is 1. The van der Waals surface area contributed by atoms with E-state index in [1.165, 1.54) is 0 Å². The van der Waals surface area contributed by atoms with Crippen molar-refractivity contribution >= 4 is 12.2 Å². The first-order valence-corrected chi connectivity index (χ1v) is 7.43. The van der Waals surface area contributed by atoms with Crippen molar-refractivity contribution in [3.8, 4) is 0 Å². The summed E-state index contributed by atoms with van der Waals surface area (Å²) >= 11 is 0. The molecule has 0 saturated heterocycles. The molecule has 0 aromatic heterocycles. The quantitative estimate of drug-likeness (QED) is 0.768. The number of hydrogen-bond donors (Lipinski definition) is 2. The summed E-state index contributed by atoms with van der Waals surface area (Å²) in [7, 11) is 0. The molecule has 7 heteroatoms. The molecule has 2 amide bonds. The molecule has 0 aromatic rings. The molecule has 0 bridgehead atoms. The first-order valence-electron chi connectivity index (χ1n) is 7.43. The molecule has 0 aliphatic heterocycles. The normalized spacial score (nSPS) is 25.7. The lowest BCUT2D eigenvalue weighted by atomic mass is 10.1. The van der Waals surface area contributed by atoms with E-state index < -0.39 is 41.6 Å². The Kier molecular flexibility index (Phi) is 5.46. The summed E-state index contributed by atoms with van der Waals surface area (Å²) < 4.78 is 10.4. The van der Waals surface area contributed by atoms with Gasteiger partial charge in [0, 0.05) is 0 Å². The van der Waals surface area contributed by atoms with E-state index in [2.05, 4.69) is 0 Å².